The van der Waals surface area contributed by atoms with E-state index in [9.17, 15) is 0 Å². The molecule has 3 nitrogen and oxygen atoms in total. The Labute approximate surface area is 176 Å². The van der Waals surface area contributed by atoms with E-state index in [0.29, 0.717) is 11.8 Å². The number of alkyl halides is 1. The van der Waals surface area contributed by atoms with Crippen molar-refractivity contribution in [2.24, 2.45) is 11.8 Å². The zero-order valence-electron chi connectivity index (χ0n) is 18.6. The second-order valence-electron chi connectivity index (χ2n) is 9.80. The summed E-state index contributed by atoms with van der Waals surface area (Å²) in [7, 11) is -1.73. The van der Waals surface area contributed by atoms with Crippen molar-refractivity contribution >= 4 is 30.9 Å². The predicted molar refractivity (Wildman–Crippen MR) is 123 cm³/mol. The molecule has 1 heterocycles. The fourth-order valence-corrected chi connectivity index (χ4v) is 5.12. The number of halogens is 1. The number of rotatable bonds is 8. The molecule has 0 N–H and O–H groups in total. The molecular formula is C21H41IO3Si. The van der Waals surface area contributed by atoms with E-state index in [-0.39, 0.29) is 23.4 Å². The molecule has 1 aliphatic rings. The van der Waals surface area contributed by atoms with Crippen molar-refractivity contribution in [3.8, 4) is 0 Å². The minimum Gasteiger partial charge on any atom is -0.414 e. The molecule has 3 unspecified atom stereocenters. The van der Waals surface area contributed by atoms with Gasteiger partial charge in [-0.2, -0.15) is 0 Å². The highest BCUT2D eigenvalue weighted by molar-refractivity contribution is 14.1. The molecule has 0 amide bonds. The van der Waals surface area contributed by atoms with Crippen LogP contribution in [0.1, 0.15) is 61.8 Å². The van der Waals surface area contributed by atoms with Crippen molar-refractivity contribution in [1.82, 2.24) is 0 Å². The summed E-state index contributed by atoms with van der Waals surface area (Å²) >= 11 is 2.42. The van der Waals surface area contributed by atoms with Crippen molar-refractivity contribution < 1.29 is 13.9 Å². The Morgan fingerprint density at radius 1 is 1.12 bits per heavy atom. The van der Waals surface area contributed by atoms with Crippen molar-refractivity contribution in [1.29, 1.82) is 0 Å². The summed E-state index contributed by atoms with van der Waals surface area (Å²) in [6.07, 6.45) is 6.16. The lowest BCUT2D eigenvalue weighted by atomic mass is 9.95. The topological polar surface area (TPSA) is 27.7 Å². The van der Waals surface area contributed by atoms with Crippen LogP contribution in [-0.4, -0.2) is 36.8 Å². The molecule has 0 aromatic carbocycles. The van der Waals surface area contributed by atoms with Crippen LogP contribution in [0, 0.1) is 11.8 Å². The normalized spacial score (nSPS) is 27.7. The van der Waals surface area contributed by atoms with Gasteiger partial charge in [0, 0.05) is 16.4 Å². The van der Waals surface area contributed by atoms with Gasteiger partial charge < -0.3 is 13.9 Å². The van der Waals surface area contributed by atoms with Gasteiger partial charge in [0.25, 0.3) is 0 Å². The second kappa shape index (κ2) is 9.38. The molecule has 1 rings (SSSR count). The fourth-order valence-electron chi connectivity index (χ4n) is 3.00. The third kappa shape index (κ3) is 6.87. The standard InChI is InChI=1S/C21H41IO3Si/c1-15(17(3)25-26(9,10)20(4,5)6)11-12-16(2)19-18(13-14-22)23-21(7,8)24-19/h11-12,15-19H,13-14H2,1-10H3/b12-11-/t15-,16?,17+,18?,19?/m1/s1. The molecule has 1 saturated heterocycles. The van der Waals surface area contributed by atoms with E-state index in [1.807, 2.05) is 13.8 Å². The van der Waals surface area contributed by atoms with Crippen LogP contribution in [0.3, 0.4) is 0 Å². The molecule has 1 fully saturated rings. The van der Waals surface area contributed by atoms with Gasteiger partial charge in [0.05, 0.1) is 12.2 Å². The Morgan fingerprint density at radius 3 is 2.19 bits per heavy atom. The summed E-state index contributed by atoms with van der Waals surface area (Å²) in [4.78, 5) is 0. The third-order valence-corrected chi connectivity index (χ3v) is 11.1. The lowest BCUT2D eigenvalue weighted by Gasteiger charge is -2.39. The van der Waals surface area contributed by atoms with Crippen molar-refractivity contribution in [2.75, 3.05) is 4.43 Å². The molecule has 154 valence electrons. The van der Waals surface area contributed by atoms with E-state index < -0.39 is 14.1 Å². The molecule has 0 saturated carbocycles. The first-order valence-electron chi connectivity index (χ1n) is 9.98. The predicted octanol–water partition coefficient (Wildman–Crippen LogP) is 6.57. The van der Waals surface area contributed by atoms with Gasteiger partial charge in [-0.15, -0.1) is 0 Å². The van der Waals surface area contributed by atoms with Crippen LogP contribution in [0.4, 0.5) is 0 Å². The Hall–Kier alpha value is 0.567. The van der Waals surface area contributed by atoms with Crippen LogP contribution in [-0.2, 0) is 13.9 Å². The second-order valence-corrected chi connectivity index (χ2v) is 15.6. The minimum atomic E-state index is -1.73. The molecular weight excluding hydrogens is 455 g/mol. The summed E-state index contributed by atoms with van der Waals surface area (Å²) < 4.78 is 19.9. The minimum absolute atomic E-state index is 0.125. The number of hydrogen-bond donors (Lipinski definition) is 0. The fraction of sp³-hybridized carbons (Fsp3) is 0.905. The van der Waals surface area contributed by atoms with Crippen molar-refractivity contribution in [2.45, 2.75) is 104 Å². The SMILES string of the molecule is CC(/C=C\[C@@H](C)[C@H](C)O[Si](C)(C)C(C)(C)C)C1OC(C)(C)OC1CCI. The molecule has 0 bridgehead atoms. The average molecular weight is 497 g/mol. The Kier molecular flexibility index (Phi) is 8.87. The van der Waals surface area contributed by atoms with Crippen molar-refractivity contribution in [3.05, 3.63) is 12.2 Å². The van der Waals surface area contributed by atoms with Gasteiger partial charge in [-0.25, -0.2) is 0 Å². The van der Waals surface area contributed by atoms with Gasteiger partial charge in [0.1, 0.15) is 0 Å². The quantitative estimate of drug-likeness (QED) is 0.165. The van der Waals surface area contributed by atoms with E-state index in [1.54, 1.807) is 0 Å². The van der Waals surface area contributed by atoms with Crippen LogP contribution in [0.25, 0.3) is 0 Å². The Morgan fingerprint density at radius 2 is 1.69 bits per heavy atom. The lowest BCUT2D eigenvalue weighted by molar-refractivity contribution is -0.148. The van der Waals surface area contributed by atoms with Gasteiger partial charge in [0.15, 0.2) is 14.1 Å². The highest BCUT2D eigenvalue weighted by atomic mass is 127. The summed E-state index contributed by atoms with van der Waals surface area (Å²) in [5.74, 6) is 0.227. The van der Waals surface area contributed by atoms with E-state index in [4.69, 9.17) is 13.9 Å². The molecule has 1 aliphatic heterocycles. The van der Waals surface area contributed by atoms with Gasteiger partial charge in [-0.3, -0.25) is 0 Å². The van der Waals surface area contributed by atoms with Crippen LogP contribution in [0.15, 0.2) is 12.2 Å². The monoisotopic (exact) mass is 496 g/mol. The van der Waals surface area contributed by atoms with Gasteiger partial charge in [-0.1, -0.05) is 69.4 Å². The first-order valence-corrected chi connectivity index (χ1v) is 14.4. The van der Waals surface area contributed by atoms with Gasteiger partial charge >= 0.3 is 0 Å². The highest BCUT2D eigenvalue weighted by Crippen LogP contribution is 2.38. The van der Waals surface area contributed by atoms with E-state index in [0.717, 1.165) is 10.8 Å². The largest absolute Gasteiger partial charge is 0.414 e. The van der Waals surface area contributed by atoms with E-state index in [2.05, 4.69) is 89.4 Å². The van der Waals surface area contributed by atoms with Gasteiger partial charge in [0.2, 0.25) is 0 Å². The molecule has 5 atom stereocenters. The maximum absolute atomic E-state index is 6.55. The average Bonchev–Trinajstić information content (AvgIpc) is 2.78. The maximum Gasteiger partial charge on any atom is 0.192 e. The Bertz CT molecular complexity index is 470. The summed E-state index contributed by atoms with van der Waals surface area (Å²) in [6.45, 7) is 22.2. The summed E-state index contributed by atoms with van der Waals surface area (Å²) in [6, 6.07) is 0. The zero-order valence-corrected chi connectivity index (χ0v) is 21.7. The first kappa shape index (κ1) is 24.6. The lowest BCUT2D eigenvalue weighted by Crippen LogP contribution is -2.44. The number of hydrogen-bond acceptors (Lipinski definition) is 3. The molecule has 0 aromatic rings. The highest BCUT2D eigenvalue weighted by Gasteiger charge is 2.43. The smallest absolute Gasteiger partial charge is 0.192 e. The maximum atomic E-state index is 6.55. The summed E-state index contributed by atoms with van der Waals surface area (Å²) in [5.41, 5.74) is 0. The molecule has 0 aromatic heterocycles. The van der Waals surface area contributed by atoms with Crippen molar-refractivity contribution in [3.63, 3.8) is 0 Å². The van der Waals surface area contributed by atoms with Crippen LogP contribution < -0.4 is 0 Å². The molecule has 0 aliphatic carbocycles. The van der Waals surface area contributed by atoms with Crippen LogP contribution >= 0.6 is 22.6 Å². The third-order valence-electron chi connectivity index (χ3n) is 5.88. The van der Waals surface area contributed by atoms with Crippen LogP contribution in [0.2, 0.25) is 18.1 Å². The molecule has 5 heteroatoms. The summed E-state index contributed by atoms with van der Waals surface area (Å²) in [5, 5.41) is 0.241. The van der Waals surface area contributed by atoms with Crippen LogP contribution in [0.5, 0.6) is 0 Å². The molecule has 26 heavy (non-hydrogen) atoms. The Balaban J connectivity index is 2.70. The zero-order chi connectivity index (χ0) is 20.3. The van der Waals surface area contributed by atoms with E-state index >= 15 is 0 Å². The van der Waals surface area contributed by atoms with Gasteiger partial charge in [-0.05, 0) is 51.2 Å². The van der Waals surface area contributed by atoms with E-state index in [1.165, 1.54) is 0 Å². The molecule has 0 radical (unpaired) electrons. The molecule has 0 spiro atoms. The number of ether oxygens (including phenoxy) is 2. The first-order chi connectivity index (χ1) is 11.7.